The third kappa shape index (κ3) is 4.03. The van der Waals surface area contributed by atoms with Gasteiger partial charge in [-0.25, -0.2) is 0 Å². The van der Waals surface area contributed by atoms with E-state index < -0.39 is 0 Å². The van der Waals surface area contributed by atoms with Crippen molar-refractivity contribution in [2.75, 3.05) is 26.2 Å². The van der Waals surface area contributed by atoms with Crippen molar-refractivity contribution >= 4 is 10.9 Å². The summed E-state index contributed by atoms with van der Waals surface area (Å²) in [5, 5.41) is 11.8. The van der Waals surface area contributed by atoms with Crippen molar-refractivity contribution in [3.8, 4) is 5.75 Å². The van der Waals surface area contributed by atoms with Gasteiger partial charge in [0.05, 0.1) is 11.6 Å². The van der Waals surface area contributed by atoms with Gasteiger partial charge in [-0.2, -0.15) is 0 Å². The number of β-amino-alcohol motifs (C(OH)–C–C–N with tert-alkyl or cyclic N) is 1. The molecule has 0 bridgehead atoms. The molecule has 0 radical (unpaired) electrons. The molecule has 0 spiro atoms. The van der Waals surface area contributed by atoms with Gasteiger partial charge in [0.25, 0.3) is 0 Å². The van der Waals surface area contributed by atoms with Gasteiger partial charge in [0.15, 0.2) is 0 Å². The second kappa shape index (κ2) is 8.29. The molecule has 1 saturated heterocycles. The fraction of sp³-hybridized carbons (Fsp3) is 0.375. The van der Waals surface area contributed by atoms with Crippen LogP contribution in [0.1, 0.15) is 16.7 Å². The van der Waals surface area contributed by atoms with Crippen LogP contribution < -0.4 is 4.74 Å². The zero-order valence-corrected chi connectivity index (χ0v) is 16.6. The Bertz CT molecular complexity index is 951. The van der Waals surface area contributed by atoms with Crippen molar-refractivity contribution in [1.29, 1.82) is 0 Å². The van der Waals surface area contributed by atoms with Crippen LogP contribution >= 0.6 is 0 Å². The molecule has 1 aliphatic heterocycles. The fourth-order valence-electron chi connectivity index (χ4n) is 4.11. The molecule has 1 N–H and O–H groups in total. The van der Waals surface area contributed by atoms with Gasteiger partial charge in [0.1, 0.15) is 12.4 Å². The lowest BCUT2D eigenvalue weighted by molar-refractivity contribution is 0.139. The minimum Gasteiger partial charge on any atom is -0.492 e. The number of rotatable bonds is 6. The van der Waals surface area contributed by atoms with Crippen LogP contribution in [0, 0.1) is 19.8 Å². The number of aliphatic hydroxyl groups is 1. The zero-order chi connectivity index (χ0) is 19.5. The third-order valence-corrected chi connectivity index (χ3v) is 5.92. The summed E-state index contributed by atoms with van der Waals surface area (Å²) >= 11 is 0. The Labute approximate surface area is 166 Å². The molecular formula is C24H28N2O2. The highest BCUT2D eigenvalue weighted by atomic mass is 16.5. The van der Waals surface area contributed by atoms with Crippen LogP contribution in [0.15, 0.2) is 54.7 Å². The summed E-state index contributed by atoms with van der Waals surface area (Å²) in [6.07, 6.45) is 2.44. The maximum Gasteiger partial charge on any atom is 0.122 e. The van der Waals surface area contributed by atoms with Crippen LogP contribution in [0.5, 0.6) is 5.75 Å². The minimum atomic E-state index is -0.298. The highest BCUT2D eigenvalue weighted by Crippen LogP contribution is 2.26. The molecule has 0 unspecified atom stereocenters. The molecule has 4 heteroatoms. The van der Waals surface area contributed by atoms with E-state index in [4.69, 9.17) is 4.74 Å². The lowest BCUT2D eigenvalue weighted by atomic mass is 9.94. The first kappa shape index (κ1) is 18.9. The van der Waals surface area contributed by atoms with Crippen molar-refractivity contribution in [3.05, 3.63) is 71.4 Å². The van der Waals surface area contributed by atoms with E-state index in [9.17, 15) is 5.11 Å². The first-order valence-corrected chi connectivity index (χ1v) is 10.0. The summed E-state index contributed by atoms with van der Waals surface area (Å²) < 4.78 is 5.99. The minimum absolute atomic E-state index is 0.242. The smallest absolute Gasteiger partial charge is 0.122 e. The van der Waals surface area contributed by atoms with E-state index >= 15 is 0 Å². The number of aryl methyl sites for hydroxylation is 1. The van der Waals surface area contributed by atoms with E-state index in [0.29, 0.717) is 13.2 Å². The number of pyridine rings is 1. The fourth-order valence-corrected chi connectivity index (χ4v) is 4.11. The second-order valence-electron chi connectivity index (χ2n) is 7.82. The van der Waals surface area contributed by atoms with Crippen LogP contribution in [0.4, 0.5) is 0 Å². The van der Waals surface area contributed by atoms with Gasteiger partial charge in [0.2, 0.25) is 0 Å². The van der Waals surface area contributed by atoms with Crippen LogP contribution in [0.2, 0.25) is 0 Å². The molecule has 4 rings (SSSR count). The van der Waals surface area contributed by atoms with Gasteiger partial charge in [-0.15, -0.1) is 0 Å². The van der Waals surface area contributed by atoms with E-state index in [1.165, 1.54) is 22.1 Å². The standard InChI is InChI=1S/C24H28N2O2/c1-17-6-5-9-24(18(17)2)28-13-12-26-15-20(23(27)16-26)14-19-10-11-25-22-8-4-3-7-21(19)22/h3-11,20,23,27H,12-16H2,1-2H3/t20-,23+/m1/s1. The number of para-hydroxylation sites is 1. The van der Waals surface area contributed by atoms with Gasteiger partial charge in [0, 0.05) is 37.1 Å². The predicted octanol–water partition coefficient (Wildman–Crippen LogP) is 3.77. The summed E-state index contributed by atoms with van der Waals surface area (Å²) in [5.41, 5.74) is 4.74. The Kier molecular flexibility index (Phi) is 5.60. The summed E-state index contributed by atoms with van der Waals surface area (Å²) in [5.74, 6) is 1.20. The first-order valence-electron chi connectivity index (χ1n) is 10.0. The van der Waals surface area contributed by atoms with Crippen molar-refractivity contribution in [2.45, 2.75) is 26.4 Å². The second-order valence-corrected chi connectivity index (χ2v) is 7.82. The van der Waals surface area contributed by atoms with Crippen LogP contribution in [-0.4, -0.2) is 47.3 Å². The number of benzene rings is 2. The molecule has 3 aromatic rings. The summed E-state index contributed by atoms with van der Waals surface area (Å²) in [6, 6.07) is 16.5. The lowest BCUT2D eigenvalue weighted by Gasteiger charge is -2.17. The Morgan fingerprint density at radius 1 is 1.07 bits per heavy atom. The van der Waals surface area contributed by atoms with Gasteiger partial charge < -0.3 is 9.84 Å². The first-order chi connectivity index (χ1) is 13.6. The molecule has 2 atom stereocenters. The van der Waals surface area contributed by atoms with Crippen LogP contribution in [-0.2, 0) is 6.42 Å². The number of hydrogen-bond acceptors (Lipinski definition) is 4. The quantitative estimate of drug-likeness (QED) is 0.711. The predicted molar refractivity (Wildman–Crippen MR) is 113 cm³/mol. The summed E-state index contributed by atoms with van der Waals surface area (Å²) in [7, 11) is 0. The van der Waals surface area contributed by atoms with Crippen molar-refractivity contribution in [2.24, 2.45) is 5.92 Å². The average molecular weight is 377 g/mol. The molecule has 0 aliphatic carbocycles. The van der Waals surface area contributed by atoms with Gasteiger partial charge in [-0.3, -0.25) is 9.88 Å². The van der Waals surface area contributed by atoms with E-state index in [0.717, 1.165) is 30.8 Å². The molecule has 0 amide bonds. The highest BCUT2D eigenvalue weighted by molar-refractivity contribution is 5.81. The molecule has 146 valence electrons. The highest BCUT2D eigenvalue weighted by Gasteiger charge is 2.31. The van der Waals surface area contributed by atoms with E-state index in [2.05, 4.69) is 48.0 Å². The van der Waals surface area contributed by atoms with Crippen molar-refractivity contribution < 1.29 is 9.84 Å². The van der Waals surface area contributed by atoms with Gasteiger partial charge in [-0.05, 0) is 55.2 Å². The zero-order valence-electron chi connectivity index (χ0n) is 16.6. The van der Waals surface area contributed by atoms with Gasteiger partial charge >= 0.3 is 0 Å². The van der Waals surface area contributed by atoms with E-state index in [-0.39, 0.29) is 12.0 Å². The average Bonchev–Trinajstić information content (AvgIpc) is 3.05. The largest absolute Gasteiger partial charge is 0.492 e. The molecule has 1 fully saturated rings. The maximum absolute atomic E-state index is 10.6. The summed E-state index contributed by atoms with van der Waals surface area (Å²) in [6.45, 7) is 7.28. The number of fused-ring (bicyclic) bond motifs is 1. The normalized spacial score (nSPS) is 20.0. The Balaban J connectivity index is 1.35. The van der Waals surface area contributed by atoms with E-state index in [1.807, 2.05) is 30.5 Å². The Hall–Kier alpha value is -2.43. The molecule has 2 aromatic carbocycles. The number of likely N-dealkylation sites (tertiary alicyclic amines) is 1. The monoisotopic (exact) mass is 376 g/mol. The number of nitrogens with zero attached hydrogens (tertiary/aromatic N) is 2. The molecular weight excluding hydrogens is 348 g/mol. The third-order valence-electron chi connectivity index (χ3n) is 5.92. The number of aromatic nitrogens is 1. The Morgan fingerprint density at radius 2 is 1.93 bits per heavy atom. The van der Waals surface area contributed by atoms with Crippen molar-refractivity contribution in [1.82, 2.24) is 9.88 Å². The molecule has 0 saturated carbocycles. The Morgan fingerprint density at radius 3 is 2.82 bits per heavy atom. The molecule has 1 aromatic heterocycles. The van der Waals surface area contributed by atoms with E-state index in [1.54, 1.807) is 0 Å². The lowest BCUT2D eigenvalue weighted by Crippen LogP contribution is -2.27. The number of ether oxygens (including phenoxy) is 1. The van der Waals surface area contributed by atoms with Crippen LogP contribution in [0.25, 0.3) is 10.9 Å². The van der Waals surface area contributed by atoms with Crippen molar-refractivity contribution in [3.63, 3.8) is 0 Å². The van der Waals surface area contributed by atoms with Gasteiger partial charge in [-0.1, -0.05) is 30.3 Å². The number of hydrogen-bond donors (Lipinski definition) is 1. The molecule has 28 heavy (non-hydrogen) atoms. The summed E-state index contributed by atoms with van der Waals surface area (Å²) in [4.78, 5) is 6.75. The number of aliphatic hydroxyl groups excluding tert-OH is 1. The van der Waals surface area contributed by atoms with Crippen LogP contribution in [0.3, 0.4) is 0 Å². The SMILES string of the molecule is Cc1cccc(OCCN2C[C@@H](Cc3ccnc4ccccc34)[C@@H](O)C2)c1C. The molecule has 2 heterocycles. The topological polar surface area (TPSA) is 45.6 Å². The molecule has 4 nitrogen and oxygen atoms in total. The maximum atomic E-state index is 10.6. The molecule has 1 aliphatic rings.